The number of nitrogens with one attached hydrogen (secondary N) is 1. The van der Waals surface area contributed by atoms with Gasteiger partial charge in [-0.2, -0.15) is 0 Å². The summed E-state index contributed by atoms with van der Waals surface area (Å²) in [5, 5.41) is 2.95. The molecule has 1 heterocycles. The van der Waals surface area contributed by atoms with Crippen molar-refractivity contribution in [2.45, 2.75) is 37.8 Å². The van der Waals surface area contributed by atoms with E-state index in [0.717, 1.165) is 6.54 Å². The quantitative estimate of drug-likeness (QED) is 0.710. The standard InChI is InChI=1S/C9H18F2N2/c1-7-9(10,11)5-4-8(12-7)6-13(2)3/h7-8,12H,4-6H2,1-3H3. The molecule has 0 amide bonds. The number of nitrogens with zero attached hydrogens (tertiary/aromatic N) is 1. The zero-order valence-corrected chi connectivity index (χ0v) is 8.48. The van der Waals surface area contributed by atoms with E-state index in [-0.39, 0.29) is 12.5 Å². The van der Waals surface area contributed by atoms with E-state index in [2.05, 4.69) is 5.32 Å². The van der Waals surface area contributed by atoms with Gasteiger partial charge in [-0.1, -0.05) is 0 Å². The Labute approximate surface area is 78.3 Å². The van der Waals surface area contributed by atoms with Gasteiger partial charge >= 0.3 is 0 Å². The summed E-state index contributed by atoms with van der Waals surface area (Å²) in [6.45, 7) is 2.39. The van der Waals surface area contributed by atoms with Gasteiger partial charge in [-0.15, -0.1) is 0 Å². The van der Waals surface area contributed by atoms with Crippen molar-refractivity contribution in [3.8, 4) is 0 Å². The molecule has 0 bridgehead atoms. The molecule has 78 valence electrons. The molecule has 1 aliphatic heterocycles. The van der Waals surface area contributed by atoms with Gasteiger partial charge in [0.1, 0.15) is 0 Å². The van der Waals surface area contributed by atoms with Crippen molar-refractivity contribution in [3.63, 3.8) is 0 Å². The van der Waals surface area contributed by atoms with Crippen LogP contribution in [-0.2, 0) is 0 Å². The minimum atomic E-state index is -2.52. The first kappa shape index (κ1) is 10.9. The maximum Gasteiger partial charge on any atom is 0.262 e. The molecule has 0 aromatic rings. The van der Waals surface area contributed by atoms with Crippen LogP contribution in [0.2, 0.25) is 0 Å². The third-order valence-corrected chi connectivity index (χ3v) is 2.53. The largest absolute Gasteiger partial charge is 0.308 e. The second-order valence-electron chi connectivity index (χ2n) is 4.15. The molecular formula is C9H18F2N2. The van der Waals surface area contributed by atoms with Gasteiger partial charge in [0.15, 0.2) is 0 Å². The van der Waals surface area contributed by atoms with Gasteiger partial charge in [0.2, 0.25) is 0 Å². The molecule has 1 aliphatic rings. The summed E-state index contributed by atoms with van der Waals surface area (Å²) in [7, 11) is 3.91. The van der Waals surface area contributed by atoms with E-state index >= 15 is 0 Å². The zero-order chi connectivity index (χ0) is 10.1. The number of hydrogen-bond donors (Lipinski definition) is 1. The van der Waals surface area contributed by atoms with Crippen LogP contribution in [0.4, 0.5) is 8.78 Å². The van der Waals surface area contributed by atoms with Crippen molar-refractivity contribution in [2.24, 2.45) is 0 Å². The molecule has 2 unspecified atom stereocenters. The lowest BCUT2D eigenvalue weighted by atomic mass is 9.95. The summed E-state index contributed by atoms with van der Waals surface area (Å²) in [6.07, 6.45) is 0.579. The van der Waals surface area contributed by atoms with Crippen LogP contribution < -0.4 is 5.32 Å². The Balaban J connectivity index is 2.42. The summed E-state index contributed by atoms with van der Waals surface area (Å²) in [6, 6.07) is -0.476. The van der Waals surface area contributed by atoms with Crippen LogP contribution >= 0.6 is 0 Å². The first-order valence-electron chi connectivity index (χ1n) is 4.70. The second-order valence-corrected chi connectivity index (χ2v) is 4.15. The Kier molecular flexibility index (Phi) is 3.24. The van der Waals surface area contributed by atoms with Crippen molar-refractivity contribution in [1.29, 1.82) is 0 Å². The third kappa shape index (κ3) is 2.88. The number of hydrogen-bond acceptors (Lipinski definition) is 2. The fourth-order valence-corrected chi connectivity index (χ4v) is 1.73. The molecule has 0 aromatic heterocycles. The van der Waals surface area contributed by atoms with Gasteiger partial charge in [-0.05, 0) is 27.4 Å². The van der Waals surface area contributed by atoms with E-state index in [1.54, 1.807) is 6.92 Å². The highest BCUT2D eigenvalue weighted by molar-refractivity contribution is 4.90. The Morgan fingerprint density at radius 1 is 1.46 bits per heavy atom. The molecular weight excluding hydrogens is 174 g/mol. The molecule has 0 radical (unpaired) electrons. The molecule has 1 rings (SSSR count). The highest BCUT2D eigenvalue weighted by Gasteiger charge is 2.41. The number of halogens is 2. The van der Waals surface area contributed by atoms with Gasteiger partial charge in [0.25, 0.3) is 5.92 Å². The molecule has 4 heteroatoms. The minimum Gasteiger partial charge on any atom is -0.308 e. The first-order chi connectivity index (χ1) is 5.92. The van der Waals surface area contributed by atoms with E-state index in [1.807, 2.05) is 19.0 Å². The maximum atomic E-state index is 13.0. The molecule has 2 nitrogen and oxygen atoms in total. The smallest absolute Gasteiger partial charge is 0.262 e. The predicted molar refractivity (Wildman–Crippen MR) is 49.1 cm³/mol. The monoisotopic (exact) mass is 192 g/mol. The number of rotatable bonds is 2. The van der Waals surface area contributed by atoms with Crippen LogP contribution in [0.15, 0.2) is 0 Å². The van der Waals surface area contributed by atoms with E-state index in [0.29, 0.717) is 6.42 Å². The average molecular weight is 192 g/mol. The normalized spacial score (nSPS) is 33.7. The van der Waals surface area contributed by atoms with Crippen LogP contribution in [0.5, 0.6) is 0 Å². The Hall–Kier alpha value is -0.220. The van der Waals surface area contributed by atoms with Gasteiger partial charge in [0, 0.05) is 19.0 Å². The Bertz CT molecular complexity index is 171. The number of alkyl halides is 2. The van der Waals surface area contributed by atoms with E-state index in [1.165, 1.54) is 0 Å². The summed E-state index contributed by atoms with van der Waals surface area (Å²) in [5.74, 6) is -2.52. The summed E-state index contributed by atoms with van der Waals surface area (Å²) in [4.78, 5) is 2.02. The molecule has 0 saturated carbocycles. The van der Waals surface area contributed by atoms with Crippen molar-refractivity contribution < 1.29 is 8.78 Å². The molecule has 2 atom stereocenters. The summed E-state index contributed by atoms with van der Waals surface area (Å²) in [5.41, 5.74) is 0. The van der Waals surface area contributed by atoms with Crippen LogP contribution in [-0.4, -0.2) is 43.5 Å². The highest BCUT2D eigenvalue weighted by Crippen LogP contribution is 2.29. The van der Waals surface area contributed by atoms with Crippen molar-refractivity contribution in [2.75, 3.05) is 20.6 Å². The van der Waals surface area contributed by atoms with E-state index in [4.69, 9.17) is 0 Å². The van der Waals surface area contributed by atoms with Gasteiger partial charge in [-0.25, -0.2) is 8.78 Å². The van der Waals surface area contributed by atoms with Crippen LogP contribution in [0.25, 0.3) is 0 Å². The van der Waals surface area contributed by atoms with Crippen molar-refractivity contribution in [3.05, 3.63) is 0 Å². The molecule has 1 fully saturated rings. The van der Waals surface area contributed by atoms with Crippen LogP contribution in [0.1, 0.15) is 19.8 Å². The summed E-state index contributed by atoms with van der Waals surface area (Å²) >= 11 is 0. The molecule has 13 heavy (non-hydrogen) atoms. The number of piperidine rings is 1. The SMILES string of the molecule is CC1NC(CN(C)C)CCC1(F)F. The number of likely N-dealkylation sites (N-methyl/N-ethyl adjacent to an activating group) is 1. The lowest BCUT2D eigenvalue weighted by molar-refractivity contribution is -0.0657. The van der Waals surface area contributed by atoms with Crippen LogP contribution in [0, 0.1) is 0 Å². The van der Waals surface area contributed by atoms with Crippen LogP contribution in [0.3, 0.4) is 0 Å². The molecule has 0 aliphatic carbocycles. The van der Waals surface area contributed by atoms with Gasteiger partial charge in [0.05, 0.1) is 6.04 Å². The second kappa shape index (κ2) is 3.88. The highest BCUT2D eigenvalue weighted by atomic mass is 19.3. The molecule has 1 N–H and O–H groups in total. The maximum absolute atomic E-state index is 13.0. The first-order valence-corrected chi connectivity index (χ1v) is 4.70. The Morgan fingerprint density at radius 2 is 2.08 bits per heavy atom. The van der Waals surface area contributed by atoms with Gasteiger partial charge in [-0.3, -0.25) is 0 Å². The molecule has 0 spiro atoms. The fourth-order valence-electron chi connectivity index (χ4n) is 1.73. The third-order valence-electron chi connectivity index (χ3n) is 2.53. The fraction of sp³-hybridized carbons (Fsp3) is 1.00. The molecule has 1 saturated heterocycles. The topological polar surface area (TPSA) is 15.3 Å². The molecule has 0 aromatic carbocycles. The van der Waals surface area contributed by atoms with Crippen molar-refractivity contribution >= 4 is 0 Å². The van der Waals surface area contributed by atoms with E-state index in [9.17, 15) is 8.78 Å². The summed E-state index contributed by atoms with van der Waals surface area (Å²) < 4.78 is 26.1. The van der Waals surface area contributed by atoms with Gasteiger partial charge < -0.3 is 10.2 Å². The minimum absolute atomic E-state index is 0.0136. The lowest BCUT2D eigenvalue weighted by Crippen LogP contribution is -2.55. The Morgan fingerprint density at radius 3 is 2.54 bits per heavy atom. The predicted octanol–water partition coefficient (Wildman–Crippen LogP) is 1.32. The zero-order valence-electron chi connectivity index (χ0n) is 8.48. The van der Waals surface area contributed by atoms with Crippen molar-refractivity contribution in [1.82, 2.24) is 10.2 Å². The average Bonchev–Trinajstić information content (AvgIpc) is 1.97. The van der Waals surface area contributed by atoms with E-state index < -0.39 is 12.0 Å². The lowest BCUT2D eigenvalue weighted by Gasteiger charge is -2.36.